The molecule has 0 bridgehead atoms. The van der Waals surface area contributed by atoms with Crippen molar-refractivity contribution < 1.29 is 15.0 Å². The average molecular weight is 307 g/mol. The van der Waals surface area contributed by atoms with Crippen LogP contribution in [-0.4, -0.2) is 71.0 Å². The molecule has 0 radical (unpaired) electrons. The van der Waals surface area contributed by atoms with Crippen molar-refractivity contribution in [1.82, 2.24) is 15.3 Å². The minimum absolute atomic E-state index is 0.220. The van der Waals surface area contributed by atoms with Gasteiger partial charge in [0.05, 0.1) is 6.10 Å². The third-order valence-electron chi connectivity index (χ3n) is 4.22. The highest BCUT2D eigenvalue weighted by molar-refractivity contribution is 5.74. The van der Waals surface area contributed by atoms with E-state index in [0.29, 0.717) is 13.1 Å². The van der Waals surface area contributed by atoms with Gasteiger partial charge in [-0.15, -0.1) is 0 Å². The molecule has 1 atom stereocenters. The van der Waals surface area contributed by atoms with Crippen LogP contribution in [0.25, 0.3) is 0 Å². The van der Waals surface area contributed by atoms with E-state index in [0.717, 1.165) is 44.1 Å². The van der Waals surface area contributed by atoms with Gasteiger partial charge in [-0.05, 0) is 12.8 Å². The molecular formula is C14H21N5O3. The molecule has 2 aliphatic heterocycles. The quantitative estimate of drug-likeness (QED) is 0.674. The standard InChI is InChI=1S/C14H21N5O3/c20-10-1-4-18(5-2-10)12-7-13(17-9-16-12)19-6-3-15-11(8-19)14(21)22/h7,9-11,15,20H,1-6,8H2,(H,21,22). The number of piperazine rings is 1. The van der Waals surface area contributed by atoms with Gasteiger partial charge in [-0.3, -0.25) is 4.79 Å². The molecule has 120 valence electrons. The van der Waals surface area contributed by atoms with Gasteiger partial charge in [0.2, 0.25) is 0 Å². The summed E-state index contributed by atoms with van der Waals surface area (Å²) in [6.07, 6.45) is 2.79. The number of carbonyl (C=O) groups is 1. The zero-order valence-corrected chi connectivity index (χ0v) is 12.4. The van der Waals surface area contributed by atoms with E-state index in [1.165, 1.54) is 6.33 Å². The number of anilines is 2. The fourth-order valence-corrected chi connectivity index (χ4v) is 2.90. The summed E-state index contributed by atoms with van der Waals surface area (Å²) in [4.78, 5) is 23.8. The Morgan fingerprint density at radius 3 is 2.55 bits per heavy atom. The Kier molecular flexibility index (Phi) is 4.39. The predicted octanol–water partition coefficient (Wildman–Crippen LogP) is -0.699. The predicted molar refractivity (Wildman–Crippen MR) is 81.1 cm³/mol. The van der Waals surface area contributed by atoms with Crippen molar-refractivity contribution in [1.29, 1.82) is 0 Å². The first-order valence-electron chi connectivity index (χ1n) is 7.59. The van der Waals surface area contributed by atoms with E-state index in [1.54, 1.807) is 0 Å². The van der Waals surface area contributed by atoms with Crippen LogP contribution in [0.2, 0.25) is 0 Å². The minimum Gasteiger partial charge on any atom is -0.480 e. The second kappa shape index (κ2) is 6.45. The number of rotatable bonds is 3. The molecule has 0 saturated carbocycles. The first-order chi connectivity index (χ1) is 10.6. The summed E-state index contributed by atoms with van der Waals surface area (Å²) in [6, 6.07) is 1.33. The van der Waals surface area contributed by atoms with E-state index in [2.05, 4.69) is 20.2 Å². The fourth-order valence-electron chi connectivity index (χ4n) is 2.90. The molecule has 2 saturated heterocycles. The number of carboxylic acid groups (broad SMARTS) is 1. The number of nitrogens with zero attached hydrogens (tertiary/aromatic N) is 4. The van der Waals surface area contributed by atoms with E-state index in [-0.39, 0.29) is 6.10 Å². The fraction of sp³-hybridized carbons (Fsp3) is 0.643. The SMILES string of the molecule is O=C(O)C1CN(c2cc(N3CCC(O)CC3)ncn2)CCN1. The number of nitrogens with one attached hydrogen (secondary N) is 1. The van der Waals surface area contributed by atoms with Crippen LogP contribution in [0.1, 0.15) is 12.8 Å². The second-order valence-corrected chi connectivity index (χ2v) is 5.74. The third-order valence-corrected chi connectivity index (χ3v) is 4.22. The zero-order valence-electron chi connectivity index (χ0n) is 12.4. The Hall–Kier alpha value is -1.93. The monoisotopic (exact) mass is 307 g/mol. The molecule has 3 heterocycles. The van der Waals surface area contributed by atoms with Gasteiger partial charge in [0, 0.05) is 38.8 Å². The van der Waals surface area contributed by atoms with Crippen molar-refractivity contribution in [2.75, 3.05) is 42.5 Å². The molecule has 8 nitrogen and oxygen atoms in total. The Morgan fingerprint density at radius 1 is 1.18 bits per heavy atom. The molecule has 2 fully saturated rings. The summed E-state index contributed by atoms with van der Waals surface area (Å²) in [6.45, 7) is 3.28. The molecule has 8 heteroatoms. The molecule has 1 aromatic rings. The van der Waals surface area contributed by atoms with Crippen molar-refractivity contribution in [2.24, 2.45) is 0 Å². The normalized spacial score (nSPS) is 23.6. The van der Waals surface area contributed by atoms with Gasteiger partial charge in [-0.25, -0.2) is 9.97 Å². The number of piperidine rings is 1. The molecule has 0 amide bonds. The summed E-state index contributed by atoms with van der Waals surface area (Å²) >= 11 is 0. The van der Waals surface area contributed by atoms with E-state index in [4.69, 9.17) is 5.11 Å². The van der Waals surface area contributed by atoms with E-state index in [9.17, 15) is 9.90 Å². The smallest absolute Gasteiger partial charge is 0.322 e. The lowest BCUT2D eigenvalue weighted by Gasteiger charge is -2.34. The molecule has 0 aliphatic carbocycles. The molecule has 3 rings (SSSR count). The van der Waals surface area contributed by atoms with Crippen LogP contribution in [0.3, 0.4) is 0 Å². The topological polar surface area (TPSA) is 102 Å². The maximum Gasteiger partial charge on any atom is 0.322 e. The number of hydrogen-bond acceptors (Lipinski definition) is 7. The van der Waals surface area contributed by atoms with Crippen LogP contribution >= 0.6 is 0 Å². The number of carboxylic acids is 1. The Bertz CT molecular complexity index is 533. The number of aliphatic carboxylic acids is 1. The van der Waals surface area contributed by atoms with Gasteiger partial charge >= 0.3 is 5.97 Å². The van der Waals surface area contributed by atoms with Crippen molar-refractivity contribution >= 4 is 17.6 Å². The van der Waals surface area contributed by atoms with Crippen LogP contribution in [-0.2, 0) is 4.79 Å². The highest BCUT2D eigenvalue weighted by Crippen LogP contribution is 2.22. The largest absolute Gasteiger partial charge is 0.480 e. The summed E-state index contributed by atoms with van der Waals surface area (Å²) in [5, 5.41) is 21.7. The molecule has 0 aromatic carbocycles. The van der Waals surface area contributed by atoms with Gasteiger partial charge in [0.15, 0.2) is 0 Å². The van der Waals surface area contributed by atoms with Gasteiger partial charge in [0.25, 0.3) is 0 Å². The molecule has 22 heavy (non-hydrogen) atoms. The lowest BCUT2D eigenvalue weighted by molar-refractivity contribution is -0.139. The molecule has 1 aromatic heterocycles. The third kappa shape index (κ3) is 3.28. The van der Waals surface area contributed by atoms with Crippen LogP contribution in [0.15, 0.2) is 12.4 Å². The van der Waals surface area contributed by atoms with Crippen LogP contribution in [0.4, 0.5) is 11.6 Å². The Balaban J connectivity index is 1.72. The first kappa shape index (κ1) is 15.0. The van der Waals surface area contributed by atoms with Gasteiger partial charge in [0.1, 0.15) is 24.0 Å². The lowest BCUT2D eigenvalue weighted by atomic mass is 10.1. The number of aliphatic hydroxyl groups excluding tert-OH is 1. The Labute approximate surface area is 128 Å². The minimum atomic E-state index is -0.844. The molecule has 3 N–H and O–H groups in total. The molecule has 0 spiro atoms. The van der Waals surface area contributed by atoms with Crippen LogP contribution in [0.5, 0.6) is 0 Å². The van der Waals surface area contributed by atoms with Crippen molar-refractivity contribution in [3.63, 3.8) is 0 Å². The van der Waals surface area contributed by atoms with Crippen molar-refractivity contribution in [2.45, 2.75) is 25.0 Å². The average Bonchev–Trinajstić information content (AvgIpc) is 2.56. The number of hydrogen-bond donors (Lipinski definition) is 3. The van der Waals surface area contributed by atoms with Crippen LogP contribution in [0, 0.1) is 0 Å². The number of aromatic nitrogens is 2. The van der Waals surface area contributed by atoms with Gasteiger partial charge < -0.3 is 25.3 Å². The lowest BCUT2D eigenvalue weighted by Crippen LogP contribution is -2.54. The maximum atomic E-state index is 11.1. The van der Waals surface area contributed by atoms with Gasteiger partial charge in [-0.1, -0.05) is 0 Å². The zero-order chi connectivity index (χ0) is 15.5. The van der Waals surface area contributed by atoms with E-state index in [1.807, 2.05) is 11.0 Å². The summed E-state index contributed by atoms with van der Waals surface area (Å²) < 4.78 is 0. The summed E-state index contributed by atoms with van der Waals surface area (Å²) in [5.41, 5.74) is 0. The summed E-state index contributed by atoms with van der Waals surface area (Å²) in [7, 11) is 0. The van der Waals surface area contributed by atoms with Crippen molar-refractivity contribution in [3.8, 4) is 0 Å². The molecule has 2 aliphatic rings. The van der Waals surface area contributed by atoms with E-state index < -0.39 is 12.0 Å². The molecular weight excluding hydrogens is 286 g/mol. The highest BCUT2D eigenvalue weighted by Gasteiger charge is 2.26. The maximum absolute atomic E-state index is 11.1. The first-order valence-corrected chi connectivity index (χ1v) is 7.59. The molecule has 1 unspecified atom stereocenters. The van der Waals surface area contributed by atoms with Crippen molar-refractivity contribution in [3.05, 3.63) is 12.4 Å². The van der Waals surface area contributed by atoms with Gasteiger partial charge in [-0.2, -0.15) is 0 Å². The second-order valence-electron chi connectivity index (χ2n) is 5.74. The summed E-state index contributed by atoms with van der Waals surface area (Å²) in [5.74, 6) is 0.746. The van der Waals surface area contributed by atoms with Crippen LogP contribution < -0.4 is 15.1 Å². The number of aliphatic hydroxyl groups is 1. The highest BCUT2D eigenvalue weighted by atomic mass is 16.4. The van der Waals surface area contributed by atoms with E-state index >= 15 is 0 Å². The Morgan fingerprint density at radius 2 is 1.86 bits per heavy atom.